The van der Waals surface area contributed by atoms with E-state index in [0.717, 1.165) is 33.7 Å². The molecule has 0 radical (unpaired) electrons. The van der Waals surface area contributed by atoms with Crippen molar-refractivity contribution >= 4 is 23.4 Å². The normalized spacial score (nSPS) is 14.2. The number of allylic oxidation sites excluding steroid dienone is 1. The number of aryl methyl sites for hydroxylation is 1. The summed E-state index contributed by atoms with van der Waals surface area (Å²) in [5.74, 6) is 0.849. The summed E-state index contributed by atoms with van der Waals surface area (Å²) in [7, 11) is 1.58. The highest BCUT2D eigenvalue weighted by Crippen LogP contribution is 2.32. The summed E-state index contributed by atoms with van der Waals surface area (Å²) in [5.41, 5.74) is 5.31. The molecule has 6 rings (SSSR count). The Morgan fingerprint density at radius 1 is 1.00 bits per heavy atom. The standard InChI is InChI=1S/C38H34N4O5S/c1-6-19-46-31-18-15-27(21-24(31)3)34-28(23-41(40-34)29-11-9-8-10-12-29)22-32-36(43)42-35(26-13-16-30(45-5)17-14-26)33(37(44)47-20-7-2)25(4)39-38(42)48-32/h6-18,21-23,35H,1-2,19-20H2,3-5H3/b32-22-/t35-/m0/s1. The number of fused-ring (bicyclic) bond motifs is 1. The molecule has 0 spiro atoms. The van der Waals surface area contributed by atoms with Gasteiger partial charge in [0.05, 0.1) is 34.6 Å². The van der Waals surface area contributed by atoms with Crippen molar-refractivity contribution < 1.29 is 19.0 Å². The van der Waals surface area contributed by atoms with Gasteiger partial charge in [0.15, 0.2) is 4.80 Å². The van der Waals surface area contributed by atoms with E-state index in [0.29, 0.717) is 33.1 Å². The molecule has 3 heterocycles. The van der Waals surface area contributed by atoms with E-state index >= 15 is 0 Å². The maximum absolute atomic E-state index is 14.4. The summed E-state index contributed by atoms with van der Waals surface area (Å²) in [6.45, 7) is 11.6. The van der Waals surface area contributed by atoms with Crippen molar-refractivity contribution in [2.45, 2.75) is 19.9 Å². The largest absolute Gasteiger partial charge is 0.497 e. The van der Waals surface area contributed by atoms with Gasteiger partial charge in [-0.15, -0.1) is 0 Å². The van der Waals surface area contributed by atoms with Crippen LogP contribution < -0.4 is 24.4 Å². The smallest absolute Gasteiger partial charge is 0.338 e. The number of ether oxygens (including phenoxy) is 3. The summed E-state index contributed by atoms with van der Waals surface area (Å²) in [4.78, 5) is 32.9. The van der Waals surface area contributed by atoms with E-state index in [2.05, 4.69) is 13.2 Å². The highest BCUT2D eigenvalue weighted by molar-refractivity contribution is 7.07. The van der Waals surface area contributed by atoms with Gasteiger partial charge in [-0.2, -0.15) is 5.10 Å². The molecule has 0 saturated carbocycles. The van der Waals surface area contributed by atoms with Crippen molar-refractivity contribution in [3.63, 3.8) is 0 Å². The average molecular weight is 659 g/mol. The quantitative estimate of drug-likeness (QED) is 0.134. The number of rotatable bonds is 11. The van der Waals surface area contributed by atoms with Crippen molar-refractivity contribution in [3.05, 3.63) is 152 Å². The van der Waals surface area contributed by atoms with Crippen molar-refractivity contribution in [2.75, 3.05) is 20.3 Å². The van der Waals surface area contributed by atoms with Gasteiger partial charge in [-0.05, 0) is 73.5 Å². The maximum atomic E-state index is 14.4. The van der Waals surface area contributed by atoms with Gasteiger partial charge in [0.1, 0.15) is 30.4 Å². The number of hydrogen-bond acceptors (Lipinski definition) is 8. The highest BCUT2D eigenvalue weighted by atomic mass is 32.1. The zero-order valence-electron chi connectivity index (χ0n) is 26.9. The van der Waals surface area contributed by atoms with E-state index in [1.807, 2.05) is 79.9 Å². The molecule has 9 nitrogen and oxygen atoms in total. The van der Waals surface area contributed by atoms with Crippen LogP contribution in [0.25, 0.3) is 23.0 Å². The monoisotopic (exact) mass is 658 g/mol. The van der Waals surface area contributed by atoms with Gasteiger partial charge >= 0.3 is 5.97 Å². The van der Waals surface area contributed by atoms with E-state index in [-0.39, 0.29) is 17.7 Å². The Hall–Kier alpha value is -5.74. The first-order valence-electron chi connectivity index (χ1n) is 15.3. The molecule has 3 aromatic carbocycles. The molecule has 0 bridgehead atoms. The molecule has 0 fully saturated rings. The Bertz CT molecular complexity index is 2230. The Labute approximate surface area is 281 Å². The third-order valence-electron chi connectivity index (χ3n) is 7.86. The van der Waals surface area contributed by atoms with Crippen LogP contribution in [0, 0.1) is 6.92 Å². The second-order valence-corrected chi connectivity index (χ2v) is 12.0. The molecular formula is C38H34N4O5S. The summed E-state index contributed by atoms with van der Waals surface area (Å²) >= 11 is 1.26. The zero-order chi connectivity index (χ0) is 33.8. The number of benzene rings is 3. The molecule has 5 aromatic rings. The highest BCUT2D eigenvalue weighted by Gasteiger charge is 2.33. The zero-order valence-corrected chi connectivity index (χ0v) is 27.7. The first-order chi connectivity index (χ1) is 23.3. The van der Waals surface area contributed by atoms with Crippen molar-refractivity contribution in [1.29, 1.82) is 0 Å². The number of para-hydroxylation sites is 1. The van der Waals surface area contributed by atoms with Crippen LogP contribution in [0.1, 0.15) is 29.7 Å². The van der Waals surface area contributed by atoms with Crippen molar-refractivity contribution in [3.8, 4) is 28.4 Å². The van der Waals surface area contributed by atoms with Crippen LogP contribution in [0.4, 0.5) is 0 Å². The summed E-state index contributed by atoms with van der Waals surface area (Å²) in [6, 6.07) is 22.2. The van der Waals surface area contributed by atoms with Gasteiger partial charge in [-0.25, -0.2) is 14.5 Å². The molecule has 0 saturated heterocycles. The number of methoxy groups -OCH3 is 1. The first-order valence-corrected chi connectivity index (χ1v) is 16.1. The van der Waals surface area contributed by atoms with Crippen LogP contribution in [-0.4, -0.2) is 40.6 Å². The third kappa shape index (κ3) is 6.30. The van der Waals surface area contributed by atoms with E-state index in [1.165, 1.54) is 17.4 Å². The van der Waals surface area contributed by atoms with Gasteiger partial charge in [-0.1, -0.05) is 67.0 Å². The molecular weight excluding hydrogens is 625 g/mol. The molecule has 48 heavy (non-hydrogen) atoms. The lowest BCUT2D eigenvalue weighted by atomic mass is 9.96. The Morgan fingerprint density at radius 3 is 2.44 bits per heavy atom. The molecule has 0 unspecified atom stereocenters. The first kappa shape index (κ1) is 32.2. The van der Waals surface area contributed by atoms with Crippen LogP contribution >= 0.6 is 11.3 Å². The predicted octanol–water partition coefficient (Wildman–Crippen LogP) is 5.70. The van der Waals surface area contributed by atoms with Gasteiger partial charge in [0, 0.05) is 17.3 Å². The van der Waals surface area contributed by atoms with Crippen LogP contribution in [0.15, 0.2) is 125 Å². The number of hydrogen-bond donors (Lipinski definition) is 0. The number of carbonyl (C=O) groups is 1. The number of thiazole rings is 1. The van der Waals surface area contributed by atoms with E-state index < -0.39 is 12.0 Å². The lowest BCUT2D eigenvalue weighted by Crippen LogP contribution is -2.39. The Kier molecular flexibility index (Phi) is 9.36. The summed E-state index contributed by atoms with van der Waals surface area (Å²) < 4.78 is 20.4. The molecule has 1 atom stereocenters. The SMILES string of the molecule is C=CCOC(=O)C1=C(C)N=c2s/c(=C\c3cn(-c4ccccc4)nc3-c3ccc(OCC=C)c(C)c3)c(=O)n2[C@H]1c1ccc(OC)cc1. The van der Waals surface area contributed by atoms with Crippen molar-refractivity contribution in [1.82, 2.24) is 14.3 Å². The molecule has 0 N–H and O–H groups in total. The molecule has 0 amide bonds. The number of carbonyl (C=O) groups excluding carboxylic acids is 1. The molecule has 242 valence electrons. The Balaban J connectivity index is 1.53. The second kappa shape index (κ2) is 13.9. The average Bonchev–Trinajstić information content (AvgIpc) is 3.66. The van der Waals surface area contributed by atoms with Crippen LogP contribution in [0.5, 0.6) is 11.5 Å². The second-order valence-electron chi connectivity index (χ2n) is 11.0. The minimum Gasteiger partial charge on any atom is -0.497 e. The van der Waals surface area contributed by atoms with E-state index in [1.54, 1.807) is 41.5 Å². The van der Waals surface area contributed by atoms with Crippen LogP contribution in [0.3, 0.4) is 0 Å². The third-order valence-corrected chi connectivity index (χ3v) is 8.84. The fraction of sp³-hybridized carbons (Fsp3) is 0.158. The van der Waals surface area contributed by atoms with Crippen LogP contribution in [-0.2, 0) is 9.53 Å². The van der Waals surface area contributed by atoms with Gasteiger partial charge in [0.25, 0.3) is 5.56 Å². The van der Waals surface area contributed by atoms with Crippen molar-refractivity contribution in [2.24, 2.45) is 4.99 Å². The fourth-order valence-electron chi connectivity index (χ4n) is 5.58. The minimum absolute atomic E-state index is 0.0321. The van der Waals surface area contributed by atoms with Gasteiger partial charge in [-0.3, -0.25) is 9.36 Å². The van der Waals surface area contributed by atoms with E-state index in [9.17, 15) is 9.59 Å². The lowest BCUT2D eigenvalue weighted by molar-refractivity contribution is -0.138. The number of nitrogens with zero attached hydrogens (tertiary/aromatic N) is 4. The molecule has 1 aliphatic heterocycles. The Morgan fingerprint density at radius 2 is 1.75 bits per heavy atom. The lowest BCUT2D eigenvalue weighted by Gasteiger charge is -2.24. The molecule has 2 aromatic heterocycles. The van der Waals surface area contributed by atoms with Gasteiger partial charge < -0.3 is 14.2 Å². The van der Waals surface area contributed by atoms with E-state index in [4.69, 9.17) is 24.3 Å². The molecule has 1 aliphatic rings. The molecule has 0 aliphatic carbocycles. The van der Waals surface area contributed by atoms with Crippen LogP contribution in [0.2, 0.25) is 0 Å². The maximum Gasteiger partial charge on any atom is 0.338 e. The molecule has 10 heteroatoms. The number of aromatic nitrogens is 3. The minimum atomic E-state index is -0.760. The predicted molar refractivity (Wildman–Crippen MR) is 187 cm³/mol. The summed E-state index contributed by atoms with van der Waals surface area (Å²) in [6.07, 6.45) is 6.95. The fourth-order valence-corrected chi connectivity index (χ4v) is 6.61. The topological polar surface area (TPSA) is 96.9 Å². The van der Waals surface area contributed by atoms with Gasteiger partial charge in [0.2, 0.25) is 0 Å². The number of esters is 1. The summed E-state index contributed by atoms with van der Waals surface area (Å²) in [5, 5.41) is 4.96.